The Kier molecular flexibility index (Phi) is 8.14. The molecule has 9 heteroatoms. The average molecular weight is 621 g/mol. The molecule has 0 aliphatic carbocycles. The summed E-state index contributed by atoms with van der Waals surface area (Å²) in [5, 5.41) is 1.60. The maximum Gasteiger partial charge on any atom is 0.340 e. The van der Waals surface area contributed by atoms with Gasteiger partial charge in [-0.1, -0.05) is 66.2 Å². The van der Waals surface area contributed by atoms with E-state index < -0.39 is 27.7 Å². The van der Waals surface area contributed by atoms with Crippen LogP contribution < -0.4 is 15.1 Å². The van der Waals surface area contributed by atoms with Crippen LogP contribution in [0.3, 0.4) is 0 Å². The number of aromatic nitrogens is 1. The standard InChI is InChI=1S/C36H32N2O6S/c1-22-13-15-27(16-14-22)45(41,42)38-32(20-26-21-37-31-12-8-7-11-29(26)31)36(40)43-33-18-17-28-23(2)30(19-25-9-5-4-6-10-25)35(39)44-34(28)24(33)3/h4-18,21,32,37-38H,19-20H2,1-3H3. The number of ether oxygens (including phenoxy) is 1. The molecule has 0 amide bonds. The topological polar surface area (TPSA) is 118 Å². The molecular formula is C36H32N2O6S. The van der Waals surface area contributed by atoms with Crippen molar-refractivity contribution in [3.05, 3.63) is 141 Å². The number of rotatable bonds is 9. The molecular weight excluding hydrogens is 588 g/mol. The normalized spacial score (nSPS) is 12.4. The number of fused-ring (bicyclic) bond motifs is 2. The fraction of sp³-hybridized carbons (Fsp3) is 0.167. The average Bonchev–Trinajstić information content (AvgIpc) is 3.44. The molecule has 45 heavy (non-hydrogen) atoms. The first-order valence-corrected chi connectivity index (χ1v) is 16.0. The molecule has 2 aromatic heterocycles. The van der Waals surface area contributed by atoms with E-state index in [-0.39, 0.29) is 17.1 Å². The van der Waals surface area contributed by atoms with Crippen LogP contribution in [0.15, 0.2) is 111 Å². The summed E-state index contributed by atoms with van der Waals surface area (Å²) in [5.74, 6) is -0.623. The van der Waals surface area contributed by atoms with Gasteiger partial charge in [0.05, 0.1) is 4.90 Å². The molecule has 0 radical (unpaired) electrons. The number of aryl methyl sites for hydroxylation is 3. The lowest BCUT2D eigenvalue weighted by Gasteiger charge is -2.19. The van der Waals surface area contributed by atoms with Gasteiger partial charge in [0, 0.05) is 46.5 Å². The van der Waals surface area contributed by atoms with Crippen molar-refractivity contribution in [1.29, 1.82) is 0 Å². The smallest absolute Gasteiger partial charge is 0.340 e. The van der Waals surface area contributed by atoms with Crippen molar-refractivity contribution in [3.63, 3.8) is 0 Å². The van der Waals surface area contributed by atoms with E-state index in [0.29, 0.717) is 23.1 Å². The minimum Gasteiger partial charge on any atom is -0.425 e. The quantitative estimate of drug-likeness (QED) is 0.112. The van der Waals surface area contributed by atoms with Crippen LogP contribution in [0.1, 0.15) is 33.4 Å². The van der Waals surface area contributed by atoms with Crippen molar-refractivity contribution < 1.29 is 22.4 Å². The summed E-state index contributed by atoms with van der Waals surface area (Å²) in [6, 6.07) is 25.8. The maximum absolute atomic E-state index is 13.8. The van der Waals surface area contributed by atoms with Gasteiger partial charge in [0.1, 0.15) is 17.4 Å². The first-order valence-electron chi connectivity index (χ1n) is 14.6. The Morgan fingerprint density at radius 1 is 0.867 bits per heavy atom. The van der Waals surface area contributed by atoms with Gasteiger partial charge < -0.3 is 14.1 Å². The van der Waals surface area contributed by atoms with Gasteiger partial charge in [-0.15, -0.1) is 0 Å². The first kappa shape index (κ1) is 30.1. The Morgan fingerprint density at radius 2 is 1.58 bits per heavy atom. The van der Waals surface area contributed by atoms with Gasteiger partial charge in [-0.25, -0.2) is 18.0 Å². The predicted molar refractivity (Wildman–Crippen MR) is 174 cm³/mol. The molecule has 0 aliphatic heterocycles. The van der Waals surface area contributed by atoms with Gasteiger partial charge in [-0.05, 0) is 67.8 Å². The highest BCUT2D eigenvalue weighted by Crippen LogP contribution is 2.31. The monoisotopic (exact) mass is 620 g/mol. The summed E-state index contributed by atoms with van der Waals surface area (Å²) < 4.78 is 41.0. The molecule has 2 N–H and O–H groups in total. The van der Waals surface area contributed by atoms with Gasteiger partial charge in [-0.2, -0.15) is 4.72 Å². The zero-order valence-corrected chi connectivity index (χ0v) is 25.9. The number of sulfonamides is 1. The molecule has 0 spiro atoms. The fourth-order valence-electron chi connectivity index (χ4n) is 5.53. The van der Waals surface area contributed by atoms with E-state index >= 15 is 0 Å². The number of hydrogen-bond acceptors (Lipinski definition) is 6. The molecule has 1 atom stereocenters. The largest absolute Gasteiger partial charge is 0.425 e. The first-order chi connectivity index (χ1) is 21.6. The fourth-order valence-corrected chi connectivity index (χ4v) is 6.72. The van der Waals surface area contributed by atoms with Crippen LogP contribution in [-0.4, -0.2) is 25.4 Å². The third-order valence-corrected chi connectivity index (χ3v) is 9.59. The highest BCUT2D eigenvalue weighted by molar-refractivity contribution is 7.89. The Balaban J connectivity index is 1.33. The summed E-state index contributed by atoms with van der Waals surface area (Å²) >= 11 is 0. The summed E-state index contributed by atoms with van der Waals surface area (Å²) in [5.41, 5.74) is 5.17. The lowest BCUT2D eigenvalue weighted by Crippen LogP contribution is -2.44. The van der Waals surface area contributed by atoms with Crippen LogP contribution in [0, 0.1) is 20.8 Å². The lowest BCUT2D eigenvalue weighted by atomic mass is 9.98. The van der Waals surface area contributed by atoms with Crippen LogP contribution in [-0.2, 0) is 27.7 Å². The zero-order valence-electron chi connectivity index (χ0n) is 25.1. The van der Waals surface area contributed by atoms with Crippen LogP contribution in [0.5, 0.6) is 5.75 Å². The van der Waals surface area contributed by atoms with E-state index in [4.69, 9.17) is 9.15 Å². The molecule has 6 aromatic rings. The number of para-hydroxylation sites is 1. The molecule has 0 bridgehead atoms. The molecule has 6 rings (SSSR count). The molecule has 0 fully saturated rings. The summed E-state index contributed by atoms with van der Waals surface area (Å²) in [6.45, 7) is 5.44. The van der Waals surface area contributed by atoms with E-state index in [1.54, 1.807) is 37.4 Å². The summed E-state index contributed by atoms with van der Waals surface area (Å²) in [6.07, 6.45) is 2.23. The molecule has 0 saturated carbocycles. The van der Waals surface area contributed by atoms with E-state index in [9.17, 15) is 18.0 Å². The maximum atomic E-state index is 13.8. The molecule has 0 saturated heterocycles. The Bertz CT molecular complexity index is 2200. The van der Waals surface area contributed by atoms with E-state index in [2.05, 4.69) is 9.71 Å². The van der Waals surface area contributed by atoms with Crippen molar-refractivity contribution in [2.75, 3.05) is 0 Å². The van der Waals surface area contributed by atoms with Crippen molar-refractivity contribution in [1.82, 2.24) is 9.71 Å². The number of aromatic amines is 1. The van der Waals surface area contributed by atoms with E-state index in [1.807, 2.05) is 68.4 Å². The second-order valence-electron chi connectivity index (χ2n) is 11.2. The number of nitrogens with one attached hydrogen (secondary N) is 2. The Labute approximate surface area is 260 Å². The number of carbonyl (C=O) groups is 1. The Morgan fingerprint density at radius 3 is 2.33 bits per heavy atom. The summed E-state index contributed by atoms with van der Waals surface area (Å²) in [7, 11) is -4.08. The minimum atomic E-state index is -4.08. The number of carbonyl (C=O) groups excluding carboxylic acids is 1. The zero-order chi connectivity index (χ0) is 31.7. The molecule has 2 heterocycles. The minimum absolute atomic E-state index is 0.0373. The highest BCUT2D eigenvalue weighted by atomic mass is 32.2. The SMILES string of the molecule is Cc1ccc(S(=O)(=O)NC(Cc2c[nH]c3ccccc23)C(=O)Oc2ccc3c(C)c(Cc4ccccc4)c(=O)oc3c2C)cc1. The van der Waals surface area contributed by atoms with Gasteiger partial charge in [0.25, 0.3) is 0 Å². The third-order valence-electron chi connectivity index (χ3n) is 8.10. The Hall–Kier alpha value is -4.99. The number of hydrogen-bond donors (Lipinski definition) is 2. The van der Waals surface area contributed by atoms with E-state index in [0.717, 1.165) is 38.5 Å². The molecule has 228 valence electrons. The molecule has 0 aliphatic rings. The van der Waals surface area contributed by atoms with Gasteiger partial charge in [0.2, 0.25) is 10.0 Å². The summed E-state index contributed by atoms with van der Waals surface area (Å²) in [4.78, 5) is 30.1. The number of esters is 1. The van der Waals surface area contributed by atoms with Crippen LogP contribution in [0.2, 0.25) is 0 Å². The van der Waals surface area contributed by atoms with Crippen LogP contribution in [0.4, 0.5) is 0 Å². The number of benzene rings is 4. The predicted octanol–water partition coefficient (Wildman–Crippen LogP) is 6.29. The lowest BCUT2D eigenvalue weighted by molar-refractivity contribution is -0.136. The van der Waals surface area contributed by atoms with Crippen molar-refractivity contribution >= 4 is 37.9 Å². The van der Waals surface area contributed by atoms with Crippen molar-refractivity contribution in [2.24, 2.45) is 0 Å². The van der Waals surface area contributed by atoms with Gasteiger partial charge >= 0.3 is 11.6 Å². The van der Waals surface area contributed by atoms with Gasteiger partial charge in [0.15, 0.2) is 0 Å². The van der Waals surface area contributed by atoms with Crippen LogP contribution >= 0.6 is 0 Å². The van der Waals surface area contributed by atoms with E-state index in [1.165, 1.54) is 12.1 Å². The van der Waals surface area contributed by atoms with Crippen molar-refractivity contribution in [3.8, 4) is 5.75 Å². The van der Waals surface area contributed by atoms with Gasteiger partial charge in [-0.3, -0.25) is 0 Å². The molecule has 8 nitrogen and oxygen atoms in total. The van der Waals surface area contributed by atoms with Crippen molar-refractivity contribution in [2.45, 2.75) is 44.6 Å². The molecule has 4 aromatic carbocycles. The van der Waals surface area contributed by atoms with Crippen LogP contribution in [0.25, 0.3) is 21.9 Å². The second kappa shape index (κ2) is 12.2. The second-order valence-corrected chi connectivity index (χ2v) is 12.9. The third kappa shape index (κ3) is 6.18. The number of H-pyrrole nitrogens is 1. The highest BCUT2D eigenvalue weighted by Gasteiger charge is 2.29. The molecule has 1 unspecified atom stereocenters.